The molecule has 0 heterocycles. The van der Waals surface area contributed by atoms with Crippen molar-refractivity contribution in [2.75, 3.05) is 7.11 Å². The summed E-state index contributed by atoms with van der Waals surface area (Å²) >= 11 is 0. The zero-order valence-electron chi connectivity index (χ0n) is 13.3. The van der Waals surface area contributed by atoms with Crippen LogP contribution >= 0.6 is 0 Å². The molecule has 6 heteroatoms. The Kier molecular flexibility index (Phi) is 6.00. The van der Waals surface area contributed by atoms with Crippen molar-refractivity contribution in [2.45, 2.75) is 25.5 Å². The summed E-state index contributed by atoms with van der Waals surface area (Å²) in [5, 5.41) is 9.47. The molecule has 0 bridgehead atoms. The average molecular weight is 335 g/mol. The Morgan fingerprint density at radius 1 is 1.21 bits per heavy atom. The van der Waals surface area contributed by atoms with Gasteiger partial charge in [0, 0.05) is 18.5 Å². The van der Waals surface area contributed by atoms with Crippen molar-refractivity contribution in [2.24, 2.45) is 5.73 Å². The fraction of sp³-hybridized carbons (Fsp3) is 0.278. The Morgan fingerprint density at radius 2 is 1.96 bits per heavy atom. The molecule has 0 fully saturated rings. The first-order chi connectivity index (χ1) is 11.5. The van der Waals surface area contributed by atoms with Gasteiger partial charge in [0.25, 0.3) is 0 Å². The number of halogens is 2. The first-order valence-electron chi connectivity index (χ1n) is 7.44. The Bertz CT molecular complexity index is 734. The first kappa shape index (κ1) is 18.0. The van der Waals surface area contributed by atoms with Crippen LogP contribution in [0.25, 0.3) is 0 Å². The number of ether oxygens (including phenoxy) is 1. The van der Waals surface area contributed by atoms with E-state index in [1.165, 1.54) is 13.2 Å². The number of esters is 1. The maximum Gasteiger partial charge on any atom is 0.306 e. The van der Waals surface area contributed by atoms with Crippen LogP contribution < -0.4 is 5.73 Å². The lowest BCUT2D eigenvalue weighted by molar-refractivity contribution is -0.140. The molecule has 1 unspecified atom stereocenters. The first-order valence-corrected chi connectivity index (χ1v) is 7.44. The number of hydrogen-bond acceptors (Lipinski definition) is 4. The molecule has 2 rings (SSSR count). The lowest BCUT2D eigenvalue weighted by Gasteiger charge is -2.19. The molecular formula is C18H19F2NO3. The summed E-state index contributed by atoms with van der Waals surface area (Å²) in [7, 11) is 1.25. The van der Waals surface area contributed by atoms with E-state index in [0.717, 1.165) is 17.7 Å². The number of aliphatic hydroxyl groups is 1. The molecule has 2 aromatic carbocycles. The van der Waals surface area contributed by atoms with Gasteiger partial charge >= 0.3 is 5.97 Å². The molecule has 4 nitrogen and oxygen atoms in total. The van der Waals surface area contributed by atoms with Gasteiger partial charge in [0.15, 0.2) is 0 Å². The third-order valence-corrected chi connectivity index (χ3v) is 3.96. The highest BCUT2D eigenvalue weighted by molar-refractivity contribution is 5.71. The van der Waals surface area contributed by atoms with Gasteiger partial charge < -0.3 is 15.6 Å². The van der Waals surface area contributed by atoms with E-state index in [9.17, 15) is 18.7 Å². The lowest BCUT2D eigenvalue weighted by Crippen LogP contribution is -2.13. The number of nitrogens with two attached hydrogens (primary N) is 1. The van der Waals surface area contributed by atoms with E-state index in [-0.39, 0.29) is 25.1 Å². The quantitative estimate of drug-likeness (QED) is 0.796. The maximum absolute atomic E-state index is 14.2. The highest BCUT2D eigenvalue weighted by Gasteiger charge is 2.23. The number of carbonyl (C=O) groups excluding carboxylic acids is 1. The van der Waals surface area contributed by atoms with Crippen LogP contribution in [0.4, 0.5) is 8.78 Å². The van der Waals surface area contributed by atoms with Gasteiger partial charge in [0.05, 0.1) is 20.1 Å². The minimum atomic E-state index is -0.739. The molecule has 2 aromatic rings. The zero-order chi connectivity index (χ0) is 17.7. The van der Waals surface area contributed by atoms with Crippen molar-refractivity contribution in [3.05, 3.63) is 70.3 Å². The SMILES string of the molecule is COC(=O)CC(c1ccc(CN)c(CO)c1)c1ccc(F)cc1F. The van der Waals surface area contributed by atoms with Gasteiger partial charge in [-0.25, -0.2) is 8.78 Å². The number of methoxy groups -OCH3 is 1. The molecule has 128 valence electrons. The Morgan fingerprint density at radius 3 is 2.54 bits per heavy atom. The summed E-state index contributed by atoms with van der Waals surface area (Å²) in [6.07, 6.45) is -0.105. The number of benzene rings is 2. The van der Waals surface area contributed by atoms with Gasteiger partial charge in [0.1, 0.15) is 11.6 Å². The Balaban J connectivity index is 2.52. The molecule has 0 amide bonds. The van der Waals surface area contributed by atoms with E-state index in [4.69, 9.17) is 5.73 Å². The molecule has 1 atom stereocenters. The Labute approximate surface area is 138 Å². The van der Waals surface area contributed by atoms with E-state index in [1.807, 2.05) is 0 Å². The highest BCUT2D eigenvalue weighted by Crippen LogP contribution is 2.32. The van der Waals surface area contributed by atoms with Crippen molar-refractivity contribution in [3.63, 3.8) is 0 Å². The molecule has 24 heavy (non-hydrogen) atoms. The summed E-state index contributed by atoms with van der Waals surface area (Å²) in [6.45, 7) is 0.0277. The van der Waals surface area contributed by atoms with Crippen molar-refractivity contribution in [1.82, 2.24) is 0 Å². The molecule has 0 aromatic heterocycles. The van der Waals surface area contributed by atoms with Crippen molar-refractivity contribution < 1.29 is 23.4 Å². The second-order valence-electron chi connectivity index (χ2n) is 5.39. The predicted molar refractivity (Wildman–Crippen MR) is 85.1 cm³/mol. The van der Waals surface area contributed by atoms with Crippen LogP contribution in [0.5, 0.6) is 0 Å². The van der Waals surface area contributed by atoms with Crippen LogP contribution in [0.15, 0.2) is 36.4 Å². The molecule has 3 N–H and O–H groups in total. The van der Waals surface area contributed by atoms with Gasteiger partial charge in [-0.3, -0.25) is 4.79 Å². The molecule has 0 spiro atoms. The van der Waals surface area contributed by atoms with Crippen molar-refractivity contribution >= 4 is 5.97 Å². The topological polar surface area (TPSA) is 72.5 Å². The molecular weight excluding hydrogens is 316 g/mol. The minimum Gasteiger partial charge on any atom is -0.469 e. The minimum absolute atomic E-state index is 0.105. The summed E-state index contributed by atoms with van der Waals surface area (Å²) in [4.78, 5) is 11.7. The number of carbonyl (C=O) groups is 1. The van der Waals surface area contributed by atoms with E-state index in [2.05, 4.69) is 4.74 Å². The van der Waals surface area contributed by atoms with E-state index in [0.29, 0.717) is 11.1 Å². The zero-order valence-corrected chi connectivity index (χ0v) is 13.3. The predicted octanol–water partition coefficient (Wildman–Crippen LogP) is 2.61. The Hall–Kier alpha value is -2.31. The van der Waals surface area contributed by atoms with Crippen LogP contribution in [-0.2, 0) is 22.7 Å². The number of rotatable bonds is 6. The average Bonchev–Trinajstić information content (AvgIpc) is 2.59. The summed E-state index contributed by atoms with van der Waals surface area (Å²) in [6, 6.07) is 8.36. The monoisotopic (exact) mass is 335 g/mol. The van der Waals surface area contributed by atoms with Gasteiger partial charge in [-0.05, 0) is 28.3 Å². The molecule has 0 radical (unpaired) electrons. The summed E-state index contributed by atoms with van der Waals surface area (Å²) in [5.41, 5.74) is 7.79. The van der Waals surface area contributed by atoms with Crippen LogP contribution in [0.3, 0.4) is 0 Å². The maximum atomic E-state index is 14.2. The van der Waals surface area contributed by atoms with Gasteiger partial charge in [0.2, 0.25) is 0 Å². The van der Waals surface area contributed by atoms with Crippen LogP contribution in [0.2, 0.25) is 0 Å². The highest BCUT2D eigenvalue weighted by atomic mass is 19.1. The summed E-state index contributed by atoms with van der Waals surface area (Å²) < 4.78 is 32.1. The second-order valence-corrected chi connectivity index (χ2v) is 5.39. The van der Waals surface area contributed by atoms with E-state index in [1.54, 1.807) is 18.2 Å². The van der Waals surface area contributed by atoms with Crippen LogP contribution in [0.1, 0.15) is 34.6 Å². The number of aliphatic hydroxyl groups excluding tert-OH is 1. The standard InChI is InChI=1S/C18H19F2NO3/c1-24-18(23)8-16(15-5-4-14(19)7-17(15)20)11-2-3-12(9-21)13(6-11)10-22/h2-7,16,22H,8-10,21H2,1H3. The normalized spacial score (nSPS) is 12.0. The van der Waals surface area contributed by atoms with E-state index >= 15 is 0 Å². The van der Waals surface area contributed by atoms with Gasteiger partial charge in [-0.1, -0.05) is 24.3 Å². The van der Waals surface area contributed by atoms with Crippen LogP contribution in [-0.4, -0.2) is 18.2 Å². The van der Waals surface area contributed by atoms with Crippen molar-refractivity contribution in [3.8, 4) is 0 Å². The summed E-state index contributed by atoms with van der Waals surface area (Å²) in [5.74, 6) is -2.60. The molecule has 0 aliphatic carbocycles. The third kappa shape index (κ3) is 3.96. The smallest absolute Gasteiger partial charge is 0.306 e. The largest absolute Gasteiger partial charge is 0.469 e. The lowest BCUT2D eigenvalue weighted by atomic mass is 9.86. The second kappa shape index (κ2) is 7.99. The van der Waals surface area contributed by atoms with Gasteiger partial charge in [-0.15, -0.1) is 0 Å². The fourth-order valence-corrected chi connectivity index (χ4v) is 2.65. The molecule has 0 saturated carbocycles. The van der Waals surface area contributed by atoms with E-state index < -0.39 is 23.5 Å². The fourth-order valence-electron chi connectivity index (χ4n) is 2.65. The molecule has 0 saturated heterocycles. The molecule has 0 aliphatic rings. The number of hydrogen-bond donors (Lipinski definition) is 2. The third-order valence-electron chi connectivity index (χ3n) is 3.96. The van der Waals surface area contributed by atoms with Crippen LogP contribution in [0, 0.1) is 11.6 Å². The molecule has 0 aliphatic heterocycles. The van der Waals surface area contributed by atoms with Crippen molar-refractivity contribution in [1.29, 1.82) is 0 Å². The van der Waals surface area contributed by atoms with Gasteiger partial charge in [-0.2, -0.15) is 0 Å².